The van der Waals surface area contributed by atoms with E-state index in [0.29, 0.717) is 15.7 Å². The van der Waals surface area contributed by atoms with Gasteiger partial charge in [0.05, 0.1) is 28.0 Å². The number of amides is 1. The summed E-state index contributed by atoms with van der Waals surface area (Å²) in [6.45, 7) is 0.142. The lowest BCUT2D eigenvalue weighted by molar-refractivity contribution is -0.114. The molecule has 0 spiro atoms. The molecule has 2 aromatic carbocycles. The molecule has 1 aromatic heterocycles. The first-order chi connectivity index (χ1) is 12.0. The Morgan fingerprint density at radius 2 is 1.80 bits per heavy atom. The summed E-state index contributed by atoms with van der Waals surface area (Å²) in [5, 5.41) is 6.30. The van der Waals surface area contributed by atoms with Crippen molar-refractivity contribution in [3.8, 4) is 11.3 Å². The van der Waals surface area contributed by atoms with E-state index in [0.717, 1.165) is 16.4 Å². The van der Waals surface area contributed by atoms with Crippen molar-refractivity contribution in [3.05, 3.63) is 64.0 Å². The van der Waals surface area contributed by atoms with Crippen molar-refractivity contribution in [2.75, 3.05) is 23.8 Å². The van der Waals surface area contributed by atoms with Crippen molar-refractivity contribution < 1.29 is 4.79 Å². The molecule has 128 valence electrons. The summed E-state index contributed by atoms with van der Waals surface area (Å²) in [6, 6.07) is 15.0. The SMILES string of the molecule is CN(CC(=O)Nc1c(Cl)cccc1Cl)c1nc(-c2ccccc2)cs1. The van der Waals surface area contributed by atoms with Crippen LogP contribution in [-0.4, -0.2) is 24.5 Å². The average Bonchev–Trinajstić information content (AvgIpc) is 3.09. The molecule has 0 radical (unpaired) electrons. The van der Waals surface area contributed by atoms with Gasteiger partial charge in [-0.1, -0.05) is 59.6 Å². The molecule has 0 atom stereocenters. The number of carbonyl (C=O) groups excluding carboxylic acids is 1. The zero-order valence-electron chi connectivity index (χ0n) is 13.4. The number of halogens is 2. The topological polar surface area (TPSA) is 45.2 Å². The van der Waals surface area contributed by atoms with Gasteiger partial charge in [-0.25, -0.2) is 4.98 Å². The zero-order chi connectivity index (χ0) is 17.8. The normalized spacial score (nSPS) is 10.5. The smallest absolute Gasteiger partial charge is 0.244 e. The fraction of sp³-hybridized carbons (Fsp3) is 0.111. The highest BCUT2D eigenvalue weighted by atomic mass is 35.5. The lowest BCUT2D eigenvalue weighted by Crippen LogP contribution is -2.30. The van der Waals surface area contributed by atoms with Crippen LogP contribution in [0.1, 0.15) is 0 Å². The molecule has 0 aliphatic rings. The van der Waals surface area contributed by atoms with Gasteiger partial charge in [-0.15, -0.1) is 11.3 Å². The first-order valence-electron chi connectivity index (χ1n) is 7.50. The molecule has 0 saturated carbocycles. The van der Waals surface area contributed by atoms with Crippen LogP contribution in [0.5, 0.6) is 0 Å². The van der Waals surface area contributed by atoms with Crippen molar-refractivity contribution in [1.82, 2.24) is 4.98 Å². The molecular formula is C18H15Cl2N3OS. The molecule has 0 aliphatic heterocycles. The Bertz CT molecular complexity index is 863. The Kier molecular flexibility index (Phi) is 5.58. The molecule has 1 amide bonds. The highest BCUT2D eigenvalue weighted by Crippen LogP contribution is 2.30. The Labute approximate surface area is 160 Å². The summed E-state index contributed by atoms with van der Waals surface area (Å²) in [6.07, 6.45) is 0. The molecule has 7 heteroatoms. The van der Waals surface area contributed by atoms with Crippen molar-refractivity contribution >= 4 is 51.3 Å². The Morgan fingerprint density at radius 3 is 2.48 bits per heavy atom. The van der Waals surface area contributed by atoms with Crippen LogP contribution in [-0.2, 0) is 4.79 Å². The number of aromatic nitrogens is 1. The fourth-order valence-corrected chi connectivity index (χ4v) is 3.55. The highest BCUT2D eigenvalue weighted by molar-refractivity contribution is 7.14. The summed E-state index contributed by atoms with van der Waals surface area (Å²) in [5.74, 6) is -0.214. The molecule has 0 unspecified atom stereocenters. The third-order valence-corrected chi connectivity index (χ3v) is 5.08. The van der Waals surface area contributed by atoms with Gasteiger partial charge in [-0.05, 0) is 12.1 Å². The van der Waals surface area contributed by atoms with Crippen LogP contribution in [0.15, 0.2) is 53.9 Å². The Hall–Kier alpha value is -2.08. The van der Waals surface area contributed by atoms with Gasteiger partial charge in [0, 0.05) is 18.0 Å². The monoisotopic (exact) mass is 391 g/mol. The number of benzene rings is 2. The number of carbonyl (C=O) groups is 1. The number of likely N-dealkylation sites (N-methyl/N-ethyl adjacent to an activating group) is 1. The van der Waals surface area contributed by atoms with Crippen LogP contribution in [0.3, 0.4) is 0 Å². The molecule has 3 aromatic rings. The van der Waals surface area contributed by atoms with E-state index in [1.807, 2.05) is 42.8 Å². The number of thiazole rings is 1. The van der Waals surface area contributed by atoms with Crippen LogP contribution in [0.25, 0.3) is 11.3 Å². The van der Waals surface area contributed by atoms with E-state index in [-0.39, 0.29) is 12.5 Å². The number of rotatable bonds is 5. The predicted molar refractivity (Wildman–Crippen MR) is 106 cm³/mol. The minimum atomic E-state index is -0.214. The van der Waals surface area contributed by atoms with Crippen LogP contribution < -0.4 is 10.2 Å². The molecule has 4 nitrogen and oxygen atoms in total. The summed E-state index contributed by atoms with van der Waals surface area (Å²) in [4.78, 5) is 18.7. The fourth-order valence-electron chi connectivity index (χ4n) is 2.26. The second-order valence-corrected chi connectivity index (χ2v) is 7.03. The van der Waals surface area contributed by atoms with E-state index in [1.165, 1.54) is 11.3 Å². The van der Waals surface area contributed by atoms with E-state index in [1.54, 1.807) is 23.1 Å². The van der Waals surface area contributed by atoms with Gasteiger partial charge in [0.1, 0.15) is 0 Å². The maximum Gasteiger partial charge on any atom is 0.244 e. The molecule has 3 rings (SSSR count). The molecule has 0 fully saturated rings. The van der Waals surface area contributed by atoms with Crippen molar-refractivity contribution in [2.45, 2.75) is 0 Å². The Balaban J connectivity index is 1.67. The van der Waals surface area contributed by atoms with Gasteiger partial charge in [0.25, 0.3) is 0 Å². The second-order valence-electron chi connectivity index (χ2n) is 5.38. The second kappa shape index (κ2) is 7.87. The lowest BCUT2D eigenvalue weighted by atomic mass is 10.2. The standard InChI is InChI=1S/C18H15Cl2N3OS/c1-23(10-16(24)22-17-13(19)8-5-9-14(17)20)18-21-15(11-25-18)12-6-3-2-4-7-12/h2-9,11H,10H2,1H3,(H,22,24). The maximum atomic E-state index is 12.3. The van der Waals surface area contributed by atoms with Gasteiger partial charge in [-0.3, -0.25) is 4.79 Å². The third-order valence-electron chi connectivity index (χ3n) is 3.50. The highest BCUT2D eigenvalue weighted by Gasteiger charge is 2.14. The molecule has 25 heavy (non-hydrogen) atoms. The van der Waals surface area contributed by atoms with Gasteiger partial charge in [-0.2, -0.15) is 0 Å². The predicted octanol–water partition coefficient (Wildman–Crippen LogP) is 5.19. The first kappa shape index (κ1) is 17.7. The van der Waals surface area contributed by atoms with E-state index < -0.39 is 0 Å². The van der Waals surface area contributed by atoms with Gasteiger partial charge < -0.3 is 10.2 Å². The minimum absolute atomic E-state index is 0.142. The van der Waals surface area contributed by atoms with Gasteiger partial charge in [0.15, 0.2) is 5.13 Å². The first-order valence-corrected chi connectivity index (χ1v) is 9.14. The van der Waals surface area contributed by atoms with E-state index in [9.17, 15) is 4.79 Å². The van der Waals surface area contributed by atoms with Crippen molar-refractivity contribution in [2.24, 2.45) is 0 Å². The van der Waals surface area contributed by atoms with E-state index >= 15 is 0 Å². The quantitative estimate of drug-likeness (QED) is 0.650. The largest absolute Gasteiger partial charge is 0.342 e. The summed E-state index contributed by atoms with van der Waals surface area (Å²) >= 11 is 13.6. The molecule has 0 bridgehead atoms. The number of para-hydroxylation sites is 1. The number of nitrogens with zero attached hydrogens (tertiary/aromatic N) is 2. The minimum Gasteiger partial charge on any atom is -0.342 e. The average molecular weight is 392 g/mol. The lowest BCUT2D eigenvalue weighted by Gasteiger charge is -2.16. The number of anilines is 2. The van der Waals surface area contributed by atoms with Crippen molar-refractivity contribution in [1.29, 1.82) is 0 Å². The van der Waals surface area contributed by atoms with Crippen LogP contribution in [0.4, 0.5) is 10.8 Å². The number of hydrogen-bond acceptors (Lipinski definition) is 4. The zero-order valence-corrected chi connectivity index (χ0v) is 15.7. The van der Waals surface area contributed by atoms with Crippen molar-refractivity contribution in [3.63, 3.8) is 0 Å². The summed E-state index contributed by atoms with van der Waals surface area (Å²) < 4.78 is 0. The van der Waals surface area contributed by atoms with Gasteiger partial charge in [0.2, 0.25) is 5.91 Å². The van der Waals surface area contributed by atoms with E-state index in [4.69, 9.17) is 23.2 Å². The number of hydrogen-bond donors (Lipinski definition) is 1. The molecule has 0 aliphatic carbocycles. The Morgan fingerprint density at radius 1 is 1.12 bits per heavy atom. The summed E-state index contributed by atoms with van der Waals surface area (Å²) in [5.41, 5.74) is 2.36. The molecular weight excluding hydrogens is 377 g/mol. The maximum absolute atomic E-state index is 12.3. The molecule has 1 heterocycles. The summed E-state index contributed by atoms with van der Waals surface area (Å²) in [7, 11) is 1.82. The van der Waals surface area contributed by atoms with Gasteiger partial charge >= 0.3 is 0 Å². The van der Waals surface area contributed by atoms with Crippen LogP contribution in [0, 0.1) is 0 Å². The molecule has 1 N–H and O–H groups in total. The van der Waals surface area contributed by atoms with Crippen LogP contribution in [0.2, 0.25) is 10.0 Å². The van der Waals surface area contributed by atoms with E-state index in [2.05, 4.69) is 10.3 Å². The molecule has 0 saturated heterocycles. The number of nitrogens with one attached hydrogen (secondary N) is 1. The van der Waals surface area contributed by atoms with Crippen LogP contribution >= 0.6 is 34.5 Å². The third kappa shape index (κ3) is 4.31.